The number of benzene rings is 2. The van der Waals surface area contributed by atoms with E-state index >= 15 is 0 Å². The number of carbonyl (C=O) groups is 3. The van der Waals surface area contributed by atoms with Crippen LogP contribution in [-0.2, 0) is 4.79 Å². The fourth-order valence-corrected chi connectivity index (χ4v) is 1.96. The van der Waals surface area contributed by atoms with Crippen molar-refractivity contribution >= 4 is 29.3 Å². The van der Waals surface area contributed by atoms with E-state index in [0.717, 1.165) is 0 Å². The van der Waals surface area contributed by atoms with E-state index < -0.39 is 11.8 Å². The van der Waals surface area contributed by atoms with Gasteiger partial charge in [-0.3, -0.25) is 25.2 Å². The summed E-state index contributed by atoms with van der Waals surface area (Å²) in [7, 11) is 0. The van der Waals surface area contributed by atoms with Crippen LogP contribution in [0.3, 0.4) is 0 Å². The summed E-state index contributed by atoms with van der Waals surface area (Å²) in [6, 6.07) is 14.9. The number of rotatable bonds is 4. The Labute approximate surface area is 137 Å². The predicted octanol–water partition coefficient (Wildman–Crippen LogP) is 1.53. The van der Waals surface area contributed by atoms with E-state index in [0.29, 0.717) is 5.56 Å². The van der Waals surface area contributed by atoms with E-state index in [-0.39, 0.29) is 23.0 Å². The summed E-state index contributed by atoms with van der Waals surface area (Å²) in [5.74, 6) is -1.48. The molecule has 3 N–H and O–H groups in total. The van der Waals surface area contributed by atoms with Gasteiger partial charge in [-0.25, -0.2) is 0 Å². The standard InChI is InChI=1S/C16H14ClN3O3/c17-13-9-5-4-8-12(13)16(23)20-19-14(21)10-18-15(22)11-6-2-1-3-7-11/h1-9H,10H2,(H,18,22)(H,19,21)(H,20,23). The van der Waals surface area contributed by atoms with Crippen molar-refractivity contribution in [3.63, 3.8) is 0 Å². The molecule has 0 radical (unpaired) electrons. The molecule has 0 atom stereocenters. The quantitative estimate of drug-likeness (QED) is 0.742. The maximum Gasteiger partial charge on any atom is 0.271 e. The maximum absolute atomic E-state index is 11.8. The first-order valence-corrected chi connectivity index (χ1v) is 7.12. The Morgan fingerprint density at radius 2 is 1.48 bits per heavy atom. The normalized spacial score (nSPS) is 9.78. The monoisotopic (exact) mass is 331 g/mol. The molecule has 3 amide bonds. The van der Waals surface area contributed by atoms with E-state index in [1.165, 1.54) is 6.07 Å². The van der Waals surface area contributed by atoms with Crippen LogP contribution in [0.1, 0.15) is 20.7 Å². The molecule has 2 aromatic carbocycles. The highest BCUT2D eigenvalue weighted by Crippen LogP contribution is 2.13. The summed E-state index contributed by atoms with van der Waals surface area (Å²) < 4.78 is 0. The highest BCUT2D eigenvalue weighted by molar-refractivity contribution is 6.33. The lowest BCUT2D eigenvalue weighted by Gasteiger charge is -2.09. The molecule has 0 spiro atoms. The van der Waals surface area contributed by atoms with Crippen molar-refractivity contribution in [2.45, 2.75) is 0 Å². The van der Waals surface area contributed by atoms with Crippen LogP contribution >= 0.6 is 11.6 Å². The lowest BCUT2D eigenvalue weighted by Crippen LogP contribution is -2.46. The van der Waals surface area contributed by atoms with Crippen molar-refractivity contribution in [2.75, 3.05) is 6.54 Å². The minimum absolute atomic E-state index is 0.239. The van der Waals surface area contributed by atoms with Gasteiger partial charge < -0.3 is 5.32 Å². The Hall–Kier alpha value is -2.86. The lowest BCUT2D eigenvalue weighted by molar-refractivity contribution is -0.120. The lowest BCUT2D eigenvalue weighted by atomic mass is 10.2. The molecule has 0 saturated carbocycles. The Bertz CT molecular complexity index is 720. The number of carbonyl (C=O) groups excluding carboxylic acids is 3. The Balaban J connectivity index is 1.78. The van der Waals surface area contributed by atoms with Gasteiger partial charge in [-0.15, -0.1) is 0 Å². The van der Waals surface area contributed by atoms with E-state index in [4.69, 9.17) is 11.6 Å². The average Bonchev–Trinajstić information content (AvgIpc) is 2.58. The first-order chi connectivity index (χ1) is 11.1. The van der Waals surface area contributed by atoms with Gasteiger partial charge in [0.25, 0.3) is 17.7 Å². The third-order valence-electron chi connectivity index (χ3n) is 2.88. The van der Waals surface area contributed by atoms with Crippen LogP contribution in [0.5, 0.6) is 0 Å². The van der Waals surface area contributed by atoms with E-state index in [9.17, 15) is 14.4 Å². The molecule has 2 rings (SSSR count). The number of hydrazine groups is 1. The molecule has 0 saturated heterocycles. The van der Waals surface area contributed by atoms with Crippen molar-refractivity contribution in [2.24, 2.45) is 0 Å². The molecule has 0 bridgehead atoms. The molecule has 0 aliphatic heterocycles. The zero-order chi connectivity index (χ0) is 16.7. The zero-order valence-electron chi connectivity index (χ0n) is 12.0. The van der Waals surface area contributed by atoms with Crippen molar-refractivity contribution in [1.29, 1.82) is 0 Å². The Kier molecular flexibility index (Phi) is 5.71. The van der Waals surface area contributed by atoms with Crippen LogP contribution in [0, 0.1) is 0 Å². The average molecular weight is 332 g/mol. The third kappa shape index (κ3) is 4.82. The zero-order valence-corrected chi connectivity index (χ0v) is 12.8. The summed E-state index contributed by atoms with van der Waals surface area (Å²) in [6.07, 6.45) is 0. The number of halogens is 1. The van der Waals surface area contributed by atoms with Crippen LogP contribution in [0.4, 0.5) is 0 Å². The van der Waals surface area contributed by atoms with Crippen molar-refractivity contribution < 1.29 is 14.4 Å². The molecular weight excluding hydrogens is 318 g/mol. The summed E-state index contributed by atoms with van der Waals surface area (Å²) in [6.45, 7) is -0.267. The summed E-state index contributed by atoms with van der Waals surface area (Å²) in [5.41, 5.74) is 5.12. The van der Waals surface area contributed by atoms with Crippen molar-refractivity contribution in [1.82, 2.24) is 16.2 Å². The topological polar surface area (TPSA) is 87.3 Å². The second-order valence-electron chi connectivity index (χ2n) is 4.53. The van der Waals surface area contributed by atoms with Crippen LogP contribution in [0.15, 0.2) is 54.6 Å². The highest BCUT2D eigenvalue weighted by atomic mass is 35.5. The minimum atomic E-state index is -0.560. The molecule has 0 aliphatic rings. The minimum Gasteiger partial charge on any atom is -0.343 e. The van der Waals surface area contributed by atoms with Crippen molar-refractivity contribution in [3.8, 4) is 0 Å². The van der Waals surface area contributed by atoms with Gasteiger partial charge in [0.15, 0.2) is 0 Å². The maximum atomic E-state index is 11.8. The van der Waals surface area contributed by atoms with Gasteiger partial charge in [0.1, 0.15) is 0 Å². The first kappa shape index (κ1) is 16.5. The fourth-order valence-electron chi connectivity index (χ4n) is 1.74. The summed E-state index contributed by atoms with van der Waals surface area (Å²) in [4.78, 5) is 35.2. The van der Waals surface area contributed by atoms with Gasteiger partial charge >= 0.3 is 0 Å². The van der Waals surface area contributed by atoms with E-state index in [1.54, 1.807) is 48.5 Å². The molecule has 0 aromatic heterocycles. The molecule has 6 nitrogen and oxygen atoms in total. The van der Waals surface area contributed by atoms with Gasteiger partial charge in [-0.2, -0.15) is 0 Å². The van der Waals surface area contributed by atoms with Crippen LogP contribution in [-0.4, -0.2) is 24.3 Å². The molecular formula is C16H14ClN3O3. The molecule has 0 fully saturated rings. The molecule has 2 aromatic rings. The largest absolute Gasteiger partial charge is 0.343 e. The van der Waals surface area contributed by atoms with Gasteiger partial charge in [0.05, 0.1) is 17.1 Å². The van der Waals surface area contributed by atoms with Gasteiger partial charge in [0.2, 0.25) is 0 Å². The molecule has 0 unspecified atom stereocenters. The van der Waals surface area contributed by atoms with E-state index in [2.05, 4.69) is 16.2 Å². The van der Waals surface area contributed by atoms with Gasteiger partial charge in [-0.1, -0.05) is 41.9 Å². The fraction of sp³-hybridized carbons (Fsp3) is 0.0625. The van der Waals surface area contributed by atoms with Gasteiger partial charge in [-0.05, 0) is 24.3 Å². The van der Waals surface area contributed by atoms with E-state index in [1.807, 2.05) is 0 Å². The number of hydrogen-bond donors (Lipinski definition) is 3. The third-order valence-corrected chi connectivity index (χ3v) is 3.21. The summed E-state index contributed by atoms with van der Waals surface area (Å²) >= 11 is 5.87. The predicted molar refractivity (Wildman–Crippen MR) is 85.8 cm³/mol. The Morgan fingerprint density at radius 1 is 0.826 bits per heavy atom. The van der Waals surface area contributed by atoms with Crippen LogP contribution < -0.4 is 16.2 Å². The molecule has 0 aliphatic carbocycles. The first-order valence-electron chi connectivity index (χ1n) is 6.75. The second-order valence-corrected chi connectivity index (χ2v) is 4.94. The summed E-state index contributed by atoms with van der Waals surface area (Å²) in [5, 5.41) is 2.72. The highest BCUT2D eigenvalue weighted by Gasteiger charge is 2.11. The van der Waals surface area contributed by atoms with Gasteiger partial charge in [0, 0.05) is 5.56 Å². The van der Waals surface area contributed by atoms with Crippen molar-refractivity contribution in [3.05, 3.63) is 70.7 Å². The number of nitrogens with one attached hydrogen (secondary N) is 3. The Morgan fingerprint density at radius 3 is 2.17 bits per heavy atom. The smallest absolute Gasteiger partial charge is 0.271 e. The molecule has 0 heterocycles. The molecule has 23 heavy (non-hydrogen) atoms. The number of amides is 3. The van der Waals surface area contributed by atoms with Crippen LogP contribution in [0.2, 0.25) is 5.02 Å². The number of hydrogen-bond acceptors (Lipinski definition) is 3. The second kappa shape index (κ2) is 7.95. The van der Waals surface area contributed by atoms with Crippen LogP contribution in [0.25, 0.3) is 0 Å². The molecule has 118 valence electrons. The molecule has 7 heteroatoms. The SMILES string of the molecule is O=C(CNC(=O)c1ccccc1)NNC(=O)c1ccccc1Cl.